The van der Waals surface area contributed by atoms with E-state index in [-0.39, 0.29) is 41.2 Å². The highest BCUT2D eigenvalue weighted by molar-refractivity contribution is 5.98. The van der Waals surface area contributed by atoms with Gasteiger partial charge in [-0.25, -0.2) is 4.39 Å². The molecule has 0 aliphatic rings. The summed E-state index contributed by atoms with van der Waals surface area (Å²) in [5.41, 5.74) is 0.0126. The molecule has 0 aliphatic carbocycles. The molecule has 0 spiro atoms. The lowest BCUT2D eigenvalue weighted by Crippen LogP contribution is -2.31. The Kier molecular flexibility index (Phi) is 8.00. The normalized spacial score (nSPS) is 12.5. The van der Waals surface area contributed by atoms with Gasteiger partial charge in [-0.1, -0.05) is 18.2 Å². The average molecular weight is 489 g/mol. The largest absolute Gasteiger partial charge is 0.419 e. The Balaban J connectivity index is 1.61. The molecule has 2 aromatic heterocycles. The molecule has 0 bridgehead atoms. The van der Waals surface area contributed by atoms with Crippen molar-refractivity contribution in [1.29, 1.82) is 0 Å². The van der Waals surface area contributed by atoms with Gasteiger partial charge in [0.1, 0.15) is 11.5 Å². The lowest BCUT2D eigenvalue weighted by Gasteiger charge is -2.10. The molecule has 2 N–H and O–H groups in total. The summed E-state index contributed by atoms with van der Waals surface area (Å²) in [6, 6.07) is 5.35. The number of halogens is 4. The maximum Gasteiger partial charge on any atom is 0.419 e. The number of hydrogen-bond donors (Lipinski definition) is 2. The van der Waals surface area contributed by atoms with Gasteiger partial charge in [0, 0.05) is 36.1 Å². The van der Waals surface area contributed by atoms with Crippen molar-refractivity contribution in [3.8, 4) is 0 Å². The molecular weight excluding hydrogens is 466 g/mol. The Hall–Kier alpha value is -4.02. The van der Waals surface area contributed by atoms with Crippen LogP contribution in [0, 0.1) is 5.82 Å². The van der Waals surface area contributed by atoms with Gasteiger partial charge in [0.2, 0.25) is 0 Å². The van der Waals surface area contributed by atoms with E-state index >= 15 is 0 Å². The summed E-state index contributed by atoms with van der Waals surface area (Å²) >= 11 is 0. The first-order valence-electron chi connectivity index (χ1n) is 10.7. The van der Waals surface area contributed by atoms with E-state index in [0.29, 0.717) is 12.1 Å². The third-order valence-electron chi connectivity index (χ3n) is 4.86. The summed E-state index contributed by atoms with van der Waals surface area (Å²) in [4.78, 5) is 28.4. The SMILES string of the molecule is CCNC(=O)c1cc(C(=O)N[C@@H](C)/C=C/c2cnn(Cc3ccc(F)c(C(F)(F)F)c3)c2)ccn1. The summed E-state index contributed by atoms with van der Waals surface area (Å²) in [7, 11) is 0. The van der Waals surface area contributed by atoms with Crippen LogP contribution in [0.15, 0.2) is 55.0 Å². The number of aromatic nitrogens is 3. The standard InChI is InChI=1S/C24H23F4N5O2/c1-3-29-23(35)21-11-18(8-9-30-21)22(34)32-15(2)4-5-17-12-31-33(14-17)13-16-6-7-20(25)19(10-16)24(26,27)28/h4-12,14-15H,3,13H2,1-2H3,(H,29,35)(H,32,34)/b5-4+/t15-/m0/s1. The first-order chi connectivity index (χ1) is 16.6. The highest BCUT2D eigenvalue weighted by Gasteiger charge is 2.34. The quantitative estimate of drug-likeness (QED) is 0.467. The number of nitrogens with one attached hydrogen (secondary N) is 2. The van der Waals surface area contributed by atoms with Crippen molar-refractivity contribution in [2.24, 2.45) is 0 Å². The second-order valence-electron chi connectivity index (χ2n) is 7.69. The summed E-state index contributed by atoms with van der Waals surface area (Å²) < 4.78 is 53.6. The number of nitrogens with zero attached hydrogens (tertiary/aromatic N) is 3. The Morgan fingerprint density at radius 1 is 1.17 bits per heavy atom. The maximum absolute atomic E-state index is 13.5. The first-order valence-corrected chi connectivity index (χ1v) is 10.7. The molecule has 0 saturated carbocycles. The van der Waals surface area contributed by atoms with Gasteiger partial charge in [-0.2, -0.15) is 18.3 Å². The minimum absolute atomic E-state index is 0.0273. The van der Waals surface area contributed by atoms with E-state index in [9.17, 15) is 27.2 Å². The fourth-order valence-corrected chi connectivity index (χ4v) is 3.17. The Bertz CT molecular complexity index is 1240. The van der Waals surface area contributed by atoms with Gasteiger partial charge in [-0.15, -0.1) is 0 Å². The van der Waals surface area contributed by atoms with Crippen molar-refractivity contribution in [1.82, 2.24) is 25.4 Å². The Morgan fingerprint density at radius 3 is 2.66 bits per heavy atom. The average Bonchev–Trinajstić information content (AvgIpc) is 3.25. The molecule has 0 saturated heterocycles. The number of carbonyl (C=O) groups is 2. The van der Waals surface area contributed by atoms with E-state index in [2.05, 4.69) is 20.7 Å². The molecule has 184 valence electrons. The highest BCUT2D eigenvalue weighted by Crippen LogP contribution is 2.32. The zero-order valence-corrected chi connectivity index (χ0v) is 18.9. The summed E-state index contributed by atoms with van der Waals surface area (Å²) in [5.74, 6) is -2.08. The van der Waals surface area contributed by atoms with Crippen LogP contribution in [0.4, 0.5) is 17.6 Å². The lowest BCUT2D eigenvalue weighted by molar-refractivity contribution is -0.140. The van der Waals surface area contributed by atoms with E-state index < -0.39 is 17.6 Å². The monoisotopic (exact) mass is 489 g/mol. The van der Waals surface area contributed by atoms with Gasteiger partial charge < -0.3 is 10.6 Å². The zero-order chi connectivity index (χ0) is 25.6. The number of benzene rings is 1. The van der Waals surface area contributed by atoms with Crippen molar-refractivity contribution in [2.45, 2.75) is 32.6 Å². The van der Waals surface area contributed by atoms with E-state index in [1.807, 2.05) is 0 Å². The molecule has 0 fully saturated rings. The van der Waals surface area contributed by atoms with Crippen LogP contribution in [-0.4, -0.2) is 39.2 Å². The smallest absolute Gasteiger partial charge is 0.351 e. The van der Waals surface area contributed by atoms with Gasteiger partial charge >= 0.3 is 6.18 Å². The van der Waals surface area contributed by atoms with Crippen LogP contribution in [0.25, 0.3) is 6.08 Å². The molecule has 3 rings (SSSR count). The molecule has 35 heavy (non-hydrogen) atoms. The Labute approximate surface area is 198 Å². The molecule has 2 heterocycles. The number of rotatable bonds is 8. The third-order valence-corrected chi connectivity index (χ3v) is 4.86. The maximum atomic E-state index is 13.5. The Morgan fingerprint density at radius 2 is 1.94 bits per heavy atom. The summed E-state index contributed by atoms with van der Waals surface area (Å²) in [5, 5.41) is 9.51. The molecular formula is C24H23F4N5O2. The number of pyridine rings is 1. The van der Waals surface area contributed by atoms with Crippen molar-refractivity contribution in [3.05, 3.63) is 88.8 Å². The molecule has 1 aromatic carbocycles. The van der Waals surface area contributed by atoms with Crippen LogP contribution in [-0.2, 0) is 12.7 Å². The molecule has 1 atom stereocenters. The number of hydrogen-bond acceptors (Lipinski definition) is 4. The molecule has 0 unspecified atom stereocenters. The molecule has 11 heteroatoms. The minimum atomic E-state index is -4.78. The van der Waals surface area contributed by atoms with Crippen LogP contribution >= 0.6 is 0 Å². The fraction of sp³-hybridized carbons (Fsp3) is 0.250. The third kappa shape index (κ3) is 6.98. The van der Waals surface area contributed by atoms with E-state index in [1.54, 1.807) is 32.2 Å². The predicted molar refractivity (Wildman–Crippen MR) is 121 cm³/mol. The number of carbonyl (C=O) groups excluding carboxylic acids is 2. The second-order valence-corrected chi connectivity index (χ2v) is 7.69. The van der Waals surface area contributed by atoms with Crippen LogP contribution in [0.3, 0.4) is 0 Å². The fourth-order valence-electron chi connectivity index (χ4n) is 3.17. The van der Waals surface area contributed by atoms with E-state index in [4.69, 9.17) is 0 Å². The molecule has 3 aromatic rings. The number of amides is 2. The van der Waals surface area contributed by atoms with Crippen LogP contribution in [0.5, 0.6) is 0 Å². The van der Waals surface area contributed by atoms with Crippen molar-refractivity contribution in [3.63, 3.8) is 0 Å². The summed E-state index contributed by atoms with van der Waals surface area (Å²) in [6.07, 6.45) is 3.15. The van der Waals surface area contributed by atoms with Gasteiger partial charge in [0.05, 0.1) is 18.3 Å². The van der Waals surface area contributed by atoms with Gasteiger partial charge in [-0.3, -0.25) is 19.3 Å². The lowest BCUT2D eigenvalue weighted by atomic mass is 10.1. The topological polar surface area (TPSA) is 88.9 Å². The summed E-state index contributed by atoms with van der Waals surface area (Å²) in [6.45, 7) is 3.99. The highest BCUT2D eigenvalue weighted by atomic mass is 19.4. The molecule has 2 amide bonds. The molecule has 0 aliphatic heterocycles. The van der Waals surface area contributed by atoms with Crippen LogP contribution < -0.4 is 10.6 Å². The van der Waals surface area contributed by atoms with Gasteiger partial charge in [0.15, 0.2) is 0 Å². The van der Waals surface area contributed by atoms with Crippen molar-refractivity contribution >= 4 is 17.9 Å². The zero-order valence-electron chi connectivity index (χ0n) is 18.9. The van der Waals surface area contributed by atoms with Crippen molar-refractivity contribution in [2.75, 3.05) is 6.54 Å². The van der Waals surface area contributed by atoms with Crippen molar-refractivity contribution < 1.29 is 27.2 Å². The van der Waals surface area contributed by atoms with E-state index in [1.165, 1.54) is 35.3 Å². The van der Waals surface area contributed by atoms with Crippen LogP contribution in [0.1, 0.15) is 51.4 Å². The van der Waals surface area contributed by atoms with E-state index in [0.717, 1.165) is 12.1 Å². The molecule has 7 nitrogen and oxygen atoms in total. The van der Waals surface area contributed by atoms with Crippen LogP contribution in [0.2, 0.25) is 0 Å². The first kappa shape index (κ1) is 25.6. The molecule has 0 radical (unpaired) electrons. The van der Waals surface area contributed by atoms with Gasteiger partial charge in [-0.05, 0) is 43.7 Å². The van der Waals surface area contributed by atoms with Gasteiger partial charge in [0.25, 0.3) is 11.8 Å². The number of alkyl halides is 3. The predicted octanol–water partition coefficient (Wildman–Crippen LogP) is 4.07. The second kappa shape index (κ2) is 10.9. The minimum Gasteiger partial charge on any atom is -0.351 e.